The Balaban J connectivity index is 0.728. The number of fused-ring (bicyclic) bond motifs is 3. The first-order valence-corrected chi connectivity index (χ1v) is 25.2. The molecule has 0 heterocycles. The fraction of sp³-hybridized carbons (Fsp3) is 0.519. The van der Waals surface area contributed by atoms with Crippen LogP contribution in [-0.2, 0) is 51.8 Å². The van der Waals surface area contributed by atoms with E-state index in [-0.39, 0.29) is 17.0 Å². The number of benzene rings is 4. The maximum atomic E-state index is 12.7. The van der Waals surface area contributed by atoms with Crippen molar-refractivity contribution in [2.24, 2.45) is 0 Å². The highest BCUT2D eigenvalue weighted by Gasteiger charge is 2.50. The second-order valence-electron chi connectivity index (χ2n) is 16.7. The van der Waals surface area contributed by atoms with Crippen LogP contribution in [0.2, 0.25) is 5.04 Å². The Labute approximate surface area is 393 Å². The number of nitrogens with zero attached hydrogens (tertiary/aromatic N) is 1. The van der Waals surface area contributed by atoms with Gasteiger partial charge in [-0.1, -0.05) is 130 Å². The predicted molar refractivity (Wildman–Crippen MR) is 259 cm³/mol. The van der Waals surface area contributed by atoms with Gasteiger partial charge in [0.2, 0.25) is 0 Å². The molecule has 0 radical (unpaired) electrons. The third-order valence-corrected chi connectivity index (χ3v) is 16.2. The Bertz CT molecular complexity index is 1810. The zero-order valence-corrected chi connectivity index (χ0v) is 40.7. The largest absolute Gasteiger partial charge is 0.448 e. The Morgan fingerprint density at radius 3 is 1.14 bits per heavy atom. The molecule has 0 aliphatic heterocycles. The van der Waals surface area contributed by atoms with Gasteiger partial charge in [0, 0.05) is 19.5 Å². The summed E-state index contributed by atoms with van der Waals surface area (Å²) in [5.74, 6) is 0.0355. The van der Waals surface area contributed by atoms with E-state index < -0.39 is 8.32 Å². The first kappa shape index (κ1) is 52.9. The molecule has 0 spiro atoms. The summed E-state index contributed by atoms with van der Waals surface area (Å²) in [5, 5.41) is 2.46. The lowest BCUT2D eigenvalue weighted by molar-refractivity contribution is -0.0256. The molecule has 4 aromatic carbocycles. The summed E-state index contributed by atoms with van der Waals surface area (Å²) in [6.07, 6.45) is -0.365. The predicted octanol–water partition coefficient (Wildman–Crippen LogP) is 6.59. The van der Waals surface area contributed by atoms with Crippen molar-refractivity contribution in [3.63, 3.8) is 0 Å². The van der Waals surface area contributed by atoms with Gasteiger partial charge in [-0.15, -0.1) is 0 Å². The van der Waals surface area contributed by atoms with Crippen LogP contribution in [0.1, 0.15) is 37.8 Å². The minimum absolute atomic E-state index is 0.0355. The second kappa shape index (κ2) is 30.4. The van der Waals surface area contributed by atoms with E-state index in [1.54, 1.807) is 7.05 Å². The quantitative estimate of drug-likeness (QED) is 0.0366. The van der Waals surface area contributed by atoms with Crippen LogP contribution in [0.25, 0.3) is 11.1 Å². The fourth-order valence-electron chi connectivity index (χ4n) is 7.87. The standard InChI is InChI=1S/C52H73NO12Si/c1-52(2,3)66(44-15-7-5-8-16-44,45-17-9-6-10-18-45)65-42-41-63-40-39-62-38-37-61-36-35-60-34-33-59-32-31-58-30-29-57-28-27-56-26-25-55-24-23-53(4)51(54)64-43-50-48-21-13-11-19-46(48)47-20-12-14-22-49(47)50/h5-22,50H,23-43H2,1-4H3. The van der Waals surface area contributed by atoms with E-state index in [0.717, 1.165) is 0 Å². The summed E-state index contributed by atoms with van der Waals surface area (Å²) in [6.45, 7) is 16.6. The number of amides is 1. The third kappa shape index (κ3) is 17.2. The van der Waals surface area contributed by atoms with E-state index in [4.69, 9.17) is 51.8 Å². The number of likely N-dealkylation sites (N-methyl/N-ethyl adjacent to an activating group) is 1. The summed E-state index contributed by atoms with van der Waals surface area (Å²) in [5.41, 5.74) is 4.80. The third-order valence-electron chi connectivity index (χ3n) is 11.2. The highest BCUT2D eigenvalue weighted by Crippen LogP contribution is 2.44. The maximum Gasteiger partial charge on any atom is 0.409 e. The molecule has 66 heavy (non-hydrogen) atoms. The van der Waals surface area contributed by atoms with E-state index in [0.29, 0.717) is 139 Å². The van der Waals surface area contributed by atoms with Crippen LogP contribution in [-0.4, -0.2) is 165 Å². The maximum absolute atomic E-state index is 12.7. The van der Waals surface area contributed by atoms with Gasteiger partial charge in [-0.05, 0) is 37.7 Å². The summed E-state index contributed by atoms with van der Waals surface area (Å²) >= 11 is 0. The van der Waals surface area contributed by atoms with Crippen molar-refractivity contribution in [3.8, 4) is 11.1 Å². The molecule has 5 rings (SSSR count). The normalized spacial score (nSPS) is 12.6. The molecule has 4 aromatic rings. The van der Waals surface area contributed by atoms with Crippen molar-refractivity contribution < 1.29 is 56.6 Å². The lowest BCUT2D eigenvalue weighted by Gasteiger charge is -2.43. The topological polar surface area (TPSA) is 122 Å². The van der Waals surface area contributed by atoms with Crippen LogP contribution in [0.5, 0.6) is 0 Å². The fourth-order valence-corrected chi connectivity index (χ4v) is 12.4. The molecule has 0 fully saturated rings. The monoisotopic (exact) mass is 931 g/mol. The van der Waals surface area contributed by atoms with Crippen molar-refractivity contribution >= 4 is 24.8 Å². The number of carbonyl (C=O) groups excluding carboxylic acids is 1. The minimum Gasteiger partial charge on any atom is -0.448 e. The highest BCUT2D eigenvalue weighted by atomic mass is 28.4. The van der Waals surface area contributed by atoms with Crippen LogP contribution in [0.3, 0.4) is 0 Å². The average molecular weight is 932 g/mol. The molecule has 1 aliphatic rings. The van der Waals surface area contributed by atoms with E-state index >= 15 is 0 Å². The van der Waals surface area contributed by atoms with E-state index in [1.165, 1.54) is 37.5 Å². The molecule has 0 atom stereocenters. The summed E-state index contributed by atoms with van der Waals surface area (Å²) < 4.78 is 63.2. The number of ether oxygens (including phenoxy) is 10. The van der Waals surface area contributed by atoms with E-state index in [1.807, 2.05) is 24.3 Å². The van der Waals surface area contributed by atoms with Gasteiger partial charge < -0.3 is 56.7 Å². The number of rotatable bonds is 35. The Kier molecular flexibility index (Phi) is 24.4. The van der Waals surface area contributed by atoms with Crippen LogP contribution in [0, 0.1) is 0 Å². The molecule has 14 heteroatoms. The number of hydrogen-bond acceptors (Lipinski definition) is 12. The molecule has 0 N–H and O–H groups in total. The lowest BCUT2D eigenvalue weighted by Crippen LogP contribution is -2.66. The zero-order valence-electron chi connectivity index (χ0n) is 39.7. The van der Waals surface area contributed by atoms with Crippen molar-refractivity contribution in [2.75, 3.05) is 146 Å². The molecule has 13 nitrogen and oxygen atoms in total. The Hall–Kier alpha value is -4.03. The van der Waals surface area contributed by atoms with Gasteiger partial charge in [-0.3, -0.25) is 0 Å². The van der Waals surface area contributed by atoms with Crippen LogP contribution < -0.4 is 10.4 Å². The van der Waals surface area contributed by atoms with Crippen LogP contribution in [0.15, 0.2) is 109 Å². The van der Waals surface area contributed by atoms with Gasteiger partial charge in [-0.2, -0.15) is 0 Å². The number of carbonyl (C=O) groups is 1. The highest BCUT2D eigenvalue weighted by molar-refractivity contribution is 6.99. The zero-order chi connectivity index (χ0) is 46.6. The number of hydrogen-bond donors (Lipinski definition) is 0. The van der Waals surface area contributed by atoms with Crippen molar-refractivity contribution in [1.82, 2.24) is 4.90 Å². The van der Waals surface area contributed by atoms with Gasteiger partial charge >= 0.3 is 6.09 Å². The minimum atomic E-state index is -2.55. The lowest BCUT2D eigenvalue weighted by atomic mass is 9.98. The van der Waals surface area contributed by atoms with Crippen molar-refractivity contribution in [2.45, 2.75) is 31.7 Å². The van der Waals surface area contributed by atoms with Gasteiger partial charge in [0.15, 0.2) is 0 Å². The molecular formula is C52H73NO12Si. The summed E-state index contributed by atoms with van der Waals surface area (Å²) in [4.78, 5) is 14.2. The Morgan fingerprint density at radius 2 is 0.773 bits per heavy atom. The van der Waals surface area contributed by atoms with Gasteiger partial charge in [0.1, 0.15) is 6.61 Å². The molecule has 0 saturated heterocycles. The Morgan fingerprint density at radius 1 is 0.455 bits per heavy atom. The van der Waals surface area contributed by atoms with Crippen molar-refractivity contribution in [1.29, 1.82) is 0 Å². The first-order valence-electron chi connectivity index (χ1n) is 23.3. The first-order chi connectivity index (χ1) is 32.3. The van der Waals surface area contributed by atoms with Gasteiger partial charge in [0.25, 0.3) is 8.32 Å². The van der Waals surface area contributed by atoms with Crippen molar-refractivity contribution in [3.05, 3.63) is 120 Å². The molecule has 1 aliphatic carbocycles. The van der Waals surface area contributed by atoms with Gasteiger partial charge in [0.05, 0.1) is 126 Å². The molecule has 0 unspecified atom stereocenters. The molecular weight excluding hydrogens is 859 g/mol. The second-order valence-corrected chi connectivity index (χ2v) is 21.1. The van der Waals surface area contributed by atoms with Crippen LogP contribution in [0.4, 0.5) is 4.79 Å². The molecule has 1 amide bonds. The summed E-state index contributed by atoms with van der Waals surface area (Å²) in [6, 6.07) is 37.9. The molecule has 0 aromatic heterocycles. The summed E-state index contributed by atoms with van der Waals surface area (Å²) in [7, 11) is -0.835. The van der Waals surface area contributed by atoms with Gasteiger partial charge in [-0.25, -0.2) is 4.79 Å². The van der Waals surface area contributed by atoms with E-state index in [9.17, 15) is 4.79 Å². The average Bonchev–Trinajstić information content (AvgIpc) is 3.65. The molecule has 0 saturated carbocycles. The molecule has 362 valence electrons. The van der Waals surface area contributed by atoms with Crippen LogP contribution >= 0.6 is 0 Å². The van der Waals surface area contributed by atoms with E-state index in [2.05, 4.69) is 106 Å². The SMILES string of the molecule is CN(CCOCCOCCOCCOCCOCCOCCOCCOCCOCCO[Si](c1ccccc1)(c1ccccc1)C(C)(C)C)C(=O)OCC1c2ccccc2-c2ccccc21. The smallest absolute Gasteiger partial charge is 0.409 e. The molecule has 0 bridgehead atoms.